The minimum Gasteiger partial charge on any atom is -0.324 e. The van der Waals surface area contributed by atoms with Crippen molar-refractivity contribution in [1.29, 1.82) is 0 Å². The number of anilines is 1. The summed E-state index contributed by atoms with van der Waals surface area (Å²) in [5.74, 6) is -0.267. The highest BCUT2D eigenvalue weighted by Gasteiger charge is 2.25. The molecule has 100 valence electrons. The van der Waals surface area contributed by atoms with Gasteiger partial charge in [0.1, 0.15) is 0 Å². The number of carbonyl (C=O) groups excluding carboxylic acids is 1. The Morgan fingerprint density at radius 3 is 2.44 bits per heavy atom. The Morgan fingerprint density at radius 2 is 1.94 bits per heavy atom. The fraction of sp³-hybridized carbons (Fsp3) is 0.364. The van der Waals surface area contributed by atoms with E-state index in [2.05, 4.69) is 10.6 Å². The van der Waals surface area contributed by atoms with Crippen LogP contribution in [0.1, 0.15) is 13.8 Å². The van der Waals surface area contributed by atoms with Gasteiger partial charge in [-0.05, 0) is 39.1 Å². The third kappa shape index (κ3) is 3.52. The largest absolute Gasteiger partial charge is 0.324 e. The van der Waals surface area contributed by atoms with Crippen molar-refractivity contribution in [3.8, 4) is 0 Å². The quantitative estimate of drug-likeness (QED) is 0.731. The van der Waals surface area contributed by atoms with Crippen molar-refractivity contribution in [2.45, 2.75) is 24.3 Å². The molecule has 0 aromatic heterocycles. The molecule has 0 aliphatic carbocycles. The van der Waals surface area contributed by atoms with Crippen LogP contribution in [0, 0.1) is 0 Å². The van der Waals surface area contributed by atoms with E-state index in [0.29, 0.717) is 5.69 Å². The van der Waals surface area contributed by atoms with Crippen molar-refractivity contribution in [3.05, 3.63) is 24.3 Å². The SMILES string of the molecule is CNC(C)(C)C(=O)Nc1cccc(S(N)(=O)=O)c1. The zero-order chi connectivity index (χ0) is 14.0. The average molecular weight is 271 g/mol. The summed E-state index contributed by atoms with van der Waals surface area (Å²) in [5, 5.41) is 10.5. The number of likely N-dealkylation sites (N-methyl/N-ethyl adjacent to an activating group) is 1. The second kappa shape index (κ2) is 5.05. The predicted molar refractivity (Wildman–Crippen MR) is 69.6 cm³/mol. The van der Waals surface area contributed by atoms with Crippen LogP contribution in [0.5, 0.6) is 0 Å². The van der Waals surface area contributed by atoms with E-state index in [-0.39, 0.29) is 10.8 Å². The summed E-state index contributed by atoms with van der Waals surface area (Å²) in [6.45, 7) is 3.43. The van der Waals surface area contributed by atoms with Gasteiger partial charge in [0, 0.05) is 5.69 Å². The van der Waals surface area contributed by atoms with Crippen LogP contribution in [0.4, 0.5) is 5.69 Å². The van der Waals surface area contributed by atoms with Gasteiger partial charge in [0.25, 0.3) is 0 Å². The zero-order valence-corrected chi connectivity index (χ0v) is 11.3. The van der Waals surface area contributed by atoms with Crippen LogP contribution in [0.2, 0.25) is 0 Å². The van der Waals surface area contributed by atoms with E-state index < -0.39 is 15.6 Å². The third-order valence-electron chi connectivity index (χ3n) is 2.61. The molecule has 7 heteroatoms. The van der Waals surface area contributed by atoms with Gasteiger partial charge in [-0.1, -0.05) is 6.07 Å². The van der Waals surface area contributed by atoms with Gasteiger partial charge >= 0.3 is 0 Å². The monoisotopic (exact) mass is 271 g/mol. The summed E-state index contributed by atoms with van der Waals surface area (Å²) >= 11 is 0. The summed E-state index contributed by atoms with van der Waals surface area (Å²) in [5.41, 5.74) is -0.368. The normalized spacial score (nSPS) is 12.2. The Bertz CT molecular complexity index is 552. The number of amides is 1. The van der Waals surface area contributed by atoms with Crippen molar-refractivity contribution in [2.75, 3.05) is 12.4 Å². The Morgan fingerprint density at radius 1 is 1.33 bits per heavy atom. The van der Waals surface area contributed by atoms with Gasteiger partial charge in [0.05, 0.1) is 10.4 Å². The highest BCUT2D eigenvalue weighted by molar-refractivity contribution is 7.89. The minimum atomic E-state index is -3.77. The molecule has 6 nitrogen and oxygen atoms in total. The van der Waals surface area contributed by atoms with Gasteiger partial charge < -0.3 is 10.6 Å². The number of nitrogens with two attached hydrogens (primary N) is 1. The van der Waals surface area contributed by atoms with Crippen LogP contribution < -0.4 is 15.8 Å². The predicted octanol–water partition coefficient (Wildman–Crippen LogP) is 0.271. The van der Waals surface area contributed by atoms with Gasteiger partial charge in [-0.15, -0.1) is 0 Å². The number of hydrogen-bond acceptors (Lipinski definition) is 4. The van der Waals surface area contributed by atoms with Crippen LogP contribution in [0.15, 0.2) is 29.2 Å². The van der Waals surface area contributed by atoms with E-state index in [4.69, 9.17) is 5.14 Å². The van der Waals surface area contributed by atoms with E-state index in [1.165, 1.54) is 18.2 Å². The molecule has 1 aromatic carbocycles. The van der Waals surface area contributed by atoms with E-state index >= 15 is 0 Å². The maximum Gasteiger partial charge on any atom is 0.244 e. The molecule has 0 spiro atoms. The second-order valence-electron chi connectivity index (χ2n) is 4.40. The molecule has 0 radical (unpaired) electrons. The first-order chi connectivity index (χ1) is 8.16. The molecule has 1 rings (SSSR count). The number of carbonyl (C=O) groups is 1. The minimum absolute atomic E-state index is 0.0393. The van der Waals surface area contributed by atoms with Gasteiger partial charge in [0.15, 0.2) is 0 Å². The third-order valence-corrected chi connectivity index (χ3v) is 3.52. The molecule has 0 atom stereocenters. The van der Waals surface area contributed by atoms with Crippen molar-refractivity contribution < 1.29 is 13.2 Å². The first-order valence-corrected chi connectivity index (χ1v) is 6.84. The molecule has 0 saturated carbocycles. The summed E-state index contributed by atoms with van der Waals surface area (Å²) in [7, 11) is -2.10. The standard InChI is InChI=1S/C11H17N3O3S/c1-11(2,13-3)10(15)14-8-5-4-6-9(7-8)18(12,16)17/h4-7,13H,1-3H3,(H,14,15)(H2,12,16,17). The number of nitrogens with one attached hydrogen (secondary N) is 2. The summed E-state index contributed by atoms with van der Waals surface area (Å²) in [4.78, 5) is 11.8. The van der Waals surface area contributed by atoms with E-state index in [9.17, 15) is 13.2 Å². The number of primary sulfonamides is 1. The molecule has 0 aliphatic rings. The lowest BCUT2D eigenvalue weighted by atomic mass is 10.1. The maximum absolute atomic E-state index is 11.9. The zero-order valence-electron chi connectivity index (χ0n) is 10.5. The van der Waals surface area contributed by atoms with Gasteiger partial charge in [-0.25, -0.2) is 13.6 Å². The molecular formula is C11H17N3O3S. The molecule has 0 unspecified atom stereocenters. The molecule has 0 saturated heterocycles. The Hall–Kier alpha value is -1.44. The van der Waals surface area contributed by atoms with Crippen molar-refractivity contribution in [2.24, 2.45) is 5.14 Å². The summed E-state index contributed by atoms with van der Waals surface area (Å²) in [6.07, 6.45) is 0. The molecule has 18 heavy (non-hydrogen) atoms. The van der Waals surface area contributed by atoms with Crippen LogP contribution >= 0.6 is 0 Å². The molecule has 1 amide bonds. The molecular weight excluding hydrogens is 254 g/mol. The van der Waals surface area contributed by atoms with Gasteiger partial charge in [-0.2, -0.15) is 0 Å². The fourth-order valence-electron chi connectivity index (χ4n) is 1.15. The van der Waals surface area contributed by atoms with E-state index in [1.807, 2.05) is 0 Å². The molecule has 1 aromatic rings. The molecule has 0 aliphatic heterocycles. The van der Waals surface area contributed by atoms with E-state index in [1.54, 1.807) is 27.0 Å². The van der Waals surface area contributed by atoms with Crippen LogP contribution in [0.3, 0.4) is 0 Å². The average Bonchev–Trinajstić information content (AvgIpc) is 2.28. The Balaban J connectivity index is 2.97. The highest BCUT2D eigenvalue weighted by atomic mass is 32.2. The smallest absolute Gasteiger partial charge is 0.244 e. The van der Waals surface area contributed by atoms with Crippen LogP contribution in [-0.4, -0.2) is 26.9 Å². The number of sulfonamides is 1. The van der Waals surface area contributed by atoms with Gasteiger partial charge in [0.2, 0.25) is 15.9 Å². The Labute approximate surface area is 107 Å². The summed E-state index contributed by atoms with van der Waals surface area (Å²) < 4.78 is 22.4. The fourth-order valence-corrected chi connectivity index (χ4v) is 1.71. The van der Waals surface area contributed by atoms with Gasteiger partial charge in [-0.3, -0.25) is 4.79 Å². The summed E-state index contributed by atoms with van der Waals surface area (Å²) in [6, 6.07) is 5.80. The lowest BCUT2D eigenvalue weighted by Crippen LogP contribution is -2.47. The molecule has 0 fully saturated rings. The number of hydrogen-bond donors (Lipinski definition) is 3. The lowest BCUT2D eigenvalue weighted by Gasteiger charge is -2.22. The number of benzene rings is 1. The molecule has 0 heterocycles. The highest BCUT2D eigenvalue weighted by Crippen LogP contribution is 2.15. The second-order valence-corrected chi connectivity index (χ2v) is 5.96. The maximum atomic E-state index is 11.9. The first-order valence-electron chi connectivity index (χ1n) is 5.30. The van der Waals surface area contributed by atoms with Crippen molar-refractivity contribution in [3.63, 3.8) is 0 Å². The first kappa shape index (κ1) is 14.6. The van der Waals surface area contributed by atoms with Crippen molar-refractivity contribution >= 4 is 21.6 Å². The van der Waals surface area contributed by atoms with Crippen LogP contribution in [0.25, 0.3) is 0 Å². The Kier molecular flexibility index (Phi) is 4.10. The molecule has 0 bridgehead atoms. The topological polar surface area (TPSA) is 101 Å². The van der Waals surface area contributed by atoms with Crippen LogP contribution in [-0.2, 0) is 14.8 Å². The molecule has 4 N–H and O–H groups in total. The van der Waals surface area contributed by atoms with Crippen molar-refractivity contribution in [1.82, 2.24) is 5.32 Å². The lowest BCUT2D eigenvalue weighted by molar-refractivity contribution is -0.121. The number of rotatable bonds is 4. The van der Waals surface area contributed by atoms with E-state index in [0.717, 1.165) is 0 Å².